The monoisotopic (exact) mass is 328 g/mol. The fourth-order valence-corrected chi connectivity index (χ4v) is 2.39. The van der Waals surface area contributed by atoms with Gasteiger partial charge in [0.05, 0.1) is 12.8 Å². The van der Waals surface area contributed by atoms with Crippen LogP contribution in [0.25, 0.3) is 0 Å². The molecular formula is C14H24N4O3S. The van der Waals surface area contributed by atoms with Crippen LogP contribution >= 0.6 is 0 Å². The lowest BCUT2D eigenvalue weighted by Gasteiger charge is -2.22. The SMILES string of the molecule is CN(C)C(=NCCOc1ccc(NS(C)(=O)=O)cc1)N(C)C. The van der Waals surface area contributed by atoms with Crippen molar-refractivity contribution in [1.29, 1.82) is 0 Å². The van der Waals surface area contributed by atoms with Crippen LogP contribution < -0.4 is 9.46 Å². The van der Waals surface area contributed by atoms with Crippen molar-refractivity contribution < 1.29 is 13.2 Å². The highest BCUT2D eigenvalue weighted by molar-refractivity contribution is 7.92. The minimum Gasteiger partial charge on any atom is -0.492 e. The highest BCUT2D eigenvalue weighted by Crippen LogP contribution is 2.16. The molecule has 0 aromatic heterocycles. The number of rotatable bonds is 6. The third-order valence-electron chi connectivity index (χ3n) is 2.57. The van der Waals surface area contributed by atoms with Crippen LogP contribution in [-0.2, 0) is 10.0 Å². The van der Waals surface area contributed by atoms with Gasteiger partial charge >= 0.3 is 0 Å². The summed E-state index contributed by atoms with van der Waals surface area (Å²) in [6.07, 6.45) is 1.11. The summed E-state index contributed by atoms with van der Waals surface area (Å²) in [6.45, 7) is 0.985. The number of guanidine groups is 1. The summed E-state index contributed by atoms with van der Waals surface area (Å²) in [6, 6.07) is 6.75. The number of sulfonamides is 1. The van der Waals surface area contributed by atoms with Crippen LogP contribution in [0.4, 0.5) is 5.69 Å². The Morgan fingerprint density at radius 1 is 1.14 bits per heavy atom. The second kappa shape index (κ2) is 7.88. The van der Waals surface area contributed by atoms with Crippen molar-refractivity contribution in [3.8, 4) is 5.75 Å². The van der Waals surface area contributed by atoms with Gasteiger partial charge in [0.2, 0.25) is 10.0 Å². The van der Waals surface area contributed by atoms with Crippen molar-refractivity contribution in [2.24, 2.45) is 4.99 Å². The Hall–Kier alpha value is -1.96. The van der Waals surface area contributed by atoms with Gasteiger partial charge in [-0.05, 0) is 24.3 Å². The Labute approximate surface area is 132 Å². The van der Waals surface area contributed by atoms with Gasteiger partial charge in [0.1, 0.15) is 12.4 Å². The number of nitrogens with one attached hydrogen (secondary N) is 1. The molecule has 0 spiro atoms. The number of ether oxygens (including phenoxy) is 1. The van der Waals surface area contributed by atoms with Crippen molar-refractivity contribution in [2.45, 2.75) is 0 Å². The Kier molecular flexibility index (Phi) is 6.48. The predicted octanol–water partition coefficient (Wildman–Crippen LogP) is 0.916. The highest BCUT2D eigenvalue weighted by Gasteiger charge is 2.04. The molecule has 0 aliphatic heterocycles. The van der Waals surface area contributed by atoms with Gasteiger partial charge in [-0.25, -0.2) is 13.4 Å². The standard InChI is InChI=1S/C14H24N4O3S/c1-17(2)14(18(3)4)15-10-11-21-13-8-6-12(7-9-13)16-22(5,19)20/h6-9,16H,10-11H2,1-5H3. The van der Waals surface area contributed by atoms with Crippen LogP contribution in [0.5, 0.6) is 5.75 Å². The van der Waals surface area contributed by atoms with Crippen molar-refractivity contribution in [2.75, 3.05) is 52.3 Å². The highest BCUT2D eigenvalue weighted by atomic mass is 32.2. The molecule has 124 valence electrons. The molecule has 0 heterocycles. The summed E-state index contributed by atoms with van der Waals surface area (Å²) in [5.74, 6) is 1.54. The molecule has 22 heavy (non-hydrogen) atoms. The lowest BCUT2D eigenvalue weighted by molar-refractivity contribution is 0.326. The molecule has 1 N–H and O–H groups in total. The Morgan fingerprint density at radius 3 is 2.14 bits per heavy atom. The van der Waals surface area contributed by atoms with Crippen molar-refractivity contribution in [3.63, 3.8) is 0 Å². The summed E-state index contributed by atoms with van der Waals surface area (Å²) in [5, 5.41) is 0. The Balaban J connectivity index is 2.50. The summed E-state index contributed by atoms with van der Waals surface area (Å²) in [4.78, 5) is 8.33. The van der Waals surface area contributed by atoms with Crippen molar-refractivity contribution in [3.05, 3.63) is 24.3 Å². The van der Waals surface area contributed by atoms with Gasteiger partial charge in [-0.3, -0.25) is 4.72 Å². The molecule has 0 atom stereocenters. The minimum absolute atomic E-state index is 0.448. The first-order valence-electron chi connectivity index (χ1n) is 6.79. The van der Waals surface area contributed by atoms with Gasteiger partial charge in [-0.15, -0.1) is 0 Å². The van der Waals surface area contributed by atoms with Crippen LogP contribution in [-0.4, -0.2) is 71.8 Å². The third-order valence-corrected chi connectivity index (χ3v) is 3.18. The van der Waals surface area contributed by atoms with Gasteiger partial charge in [0.25, 0.3) is 0 Å². The molecule has 0 aliphatic rings. The molecule has 1 rings (SSSR count). The lowest BCUT2D eigenvalue weighted by Crippen LogP contribution is -2.35. The van der Waals surface area contributed by atoms with Crippen molar-refractivity contribution >= 4 is 21.7 Å². The van der Waals surface area contributed by atoms with E-state index in [2.05, 4.69) is 9.71 Å². The smallest absolute Gasteiger partial charge is 0.229 e. The molecule has 0 radical (unpaired) electrons. The topological polar surface area (TPSA) is 74.2 Å². The first-order chi connectivity index (χ1) is 10.2. The Morgan fingerprint density at radius 2 is 1.68 bits per heavy atom. The fraction of sp³-hybridized carbons (Fsp3) is 0.500. The molecule has 0 saturated carbocycles. The molecule has 0 amide bonds. The van der Waals surface area contributed by atoms with E-state index in [0.717, 1.165) is 12.2 Å². The first-order valence-corrected chi connectivity index (χ1v) is 8.68. The zero-order valence-electron chi connectivity index (χ0n) is 13.7. The summed E-state index contributed by atoms with van der Waals surface area (Å²) >= 11 is 0. The van der Waals surface area contributed by atoms with E-state index in [1.54, 1.807) is 24.3 Å². The van der Waals surface area contributed by atoms with Gasteiger partial charge < -0.3 is 14.5 Å². The normalized spacial score (nSPS) is 10.8. The Bertz CT molecular complexity index is 585. The van der Waals surface area contributed by atoms with Crippen LogP contribution in [0.15, 0.2) is 29.3 Å². The van der Waals surface area contributed by atoms with E-state index in [0.29, 0.717) is 24.6 Å². The van der Waals surface area contributed by atoms with E-state index in [4.69, 9.17) is 4.74 Å². The molecule has 7 nitrogen and oxygen atoms in total. The van der Waals surface area contributed by atoms with Crippen LogP contribution in [0.3, 0.4) is 0 Å². The number of benzene rings is 1. The van der Waals surface area contributed by atoms with Crippen molar-refractivity contribution in [1.82, 2.24) is 9.80 Å². The van der Waals surface area contributed by atoms with Crippen LogP contribution in [0, 0.1) is 0 Å². The van der Waals surface area contributed by atoms with Gasteiger partial charge in [0.15, 0.2) is 5.96 Å². The molecule has 0 unspecified atom stereocenters. The van der Waals surface area contributed by atoms with Crippen LogP contribution in [0.1, 0.15) is 0 Å². The molecule has 1 aromatic carbocycles. The maximum absolute atomic E-state index is 11.1. The fourth-order valence-electron chi connectivity index (χ4n) is 1.83. The maximum Gasteiger partial charge on any atom is 0.229 e. The average molecular weight is 328 g/mol. The maximum atomic E-state index is 11.1. The second-order valence-corrected chi connectivity index (χ2v) is 6.97. The minimum atomic E-state index is -3.25. The summed E-state index contributed by atoms with van der Waals surface area (Å²) in [7, 11) is 4.50. The van der Waals surface area contributed by atoms with Gasteiger partial charge in [0, 0.05) is 33.9 Å². The molecule has 0 fully saturated rings. The van der Waals surface area contributed by atoms with Crippen LogP contribution in [0.2, 0.25) is 0 Å². The van der Waals surface area contributed by atoms with E-state index in [1.165, 1.54) is 0 Å². The first kappa shape index (κ1) is 18.1. The zero-order valence-corrected chi connectivity index (χ0v) is 14.5. The number of hydrogen-bond donors (Lipinski definition) is 1. The number of aliphatic imine (C=N–C) groups is 1. The van der Waals surface area contributed by atoms with E-state index >= 15 is 0 Å². The van der Waals surface area contributed by atoms with E-state index in [-0.39, 0.29) is 0 Å². The number of anilines is 1. The largest absolute Gasteiger partial charge is 0.492 e. The summed E-state index contributed by atoms with van der Waals surface area (Å²) in [5.41, 5.74) is 0.510. The molecular weight excluding hydrogens is 304 g/mol. The average Bonchev–Trinajstić information content (AvgIpc) is 2.37. The number of hydrogen-bond acceptors (Lipinski definition) is 4. The molecule has 0 saturated heterocycles. The second-order valence-electron chi connectivity index (χ2n) is 5.22. The molecule has 0 aliphatic carbocycles. The lowest BCUT2D eigenvalue weighted by atomic mass is 10.3. The van der Waals surface area contributed by atoms with E-state index in [1.807, 2.05) is 38.0 Å². The van der Waals surface area contributed by atoms with E-state index in [9.17, 15) is 8.42 Å². The van der Waals surface area contributed by atoms with Gasteiger partial charge in [-0.2, -0.15) is 0 Å². The molecule has 8 heteroatoms. The molecule has 1 aromatic rings. The summed E-state index contributed by atoms with van der Waals surface area (Å²) < 4.78 is 30.2. The quantitative estimate of drug-likeness (QED) is 0.477. The van der Waals surface area contributed by atoms with E-state index < -0.39 is 10.0 Å². The number of nitrogens with zero attached hydrogens (tertiary/aromatic N) is 3. The van der Waals surface area contributed by atoms with Gasteiger partial charge in [-0.1, -0.05) is 0 Å². The predicted molar refractivity (Wildman–Crippen MR) is 90.1 cm³/mol. The third kappa shape index (κ3) is 6.66. The zero-order chi connectivity index (χ0) is 16.8. The molecule has 0 bridgehead atoms.